The lowest BCUT2D eigenvalue weighted by atomic mass is 10.2. The van der Waals surface area contributed by atoms with Crippen LogP contribution in [-0.2, 0) is 4.79 Å². The molecule has 2 amide bonds. The smallest absolute Gasteiger partial charge is 0.254 e. The number of para-hydroxylation sites is 1. The standard InChI is InChI=1S/C23H22N2O3/c1-17-11-13-19(14-12-17)24-22(26)16-25(2)23(27)18-7-6-10-21(15-18)28-20-8-4-3-5-9-20/h3-15H,16H2,1-2H3,(H,24,26). The lowest BCUT2D eigenvalue weighted by molar-refractivity contribution is -0.116. The number of anilines is 1. The van der Waals surface area contributed by atoms with Gasteiger partial charge in [0.25, 0.3) is 5.91 Å². The highest BCUT2D eigenvalue weighted by Gasteiger charge is 2.16. The number of nitrogens with one attached hydrogen (secondary N) is 1. The molecule has 0 saturated carbocycles. The number of nitrogens with zero attached hydrogens (tertiary/aromatic N) is 1. The molecule has 3 aromatic rings. The van der Waals surface area contributed by atoms with Crippen molar-refractivity contribution in [3.63, 3.8) is 0 Å². The second-order valence-electron chi connectivity index (χ2n) is 6.52. The van der Waals surface area contributed by atoms with E-state index < -0.39 is 0 Å². The minimum atomic E-state index is -0.253. The fourth-order valence-electron chi connectivity index (χ4n) is 2.66. The summed E-state index contributed by atoms with van der Waals surface area (Å²) in [7, 11) is 1.60. The summed E-state index contributed by atoms with van der Waals surface area (Å²) in [5.41, 5.74) is 2.27. The molecule has 5 heteroatoms. The van der Waals surface area contributed by atoms with Gasteiger partial charge in [-0.25, -0.2) is 0 Å². The van der Waals surface area contributed by atoms with E-state index in [0.29, 0.717) is 22.7 Å². The maximum atomic E-state index is 12.7. The number of hydrogen-bond donors (Lipinski definition) is 1. The Labute approximate surface area is 164 Å². The van der Waals surface area contributed by atoms with Gasteiger partial charge in [0.1, 0.15) is 11.5 Å². The Bertz CT molecular complexity index is 953. The second kappa shape index (κ2) is 8.86. The van der Waals surface area contributed by atoms with E-state index in [1.165, 1.54) is 4.90 Å². The lowest BCUT2D eigenvalue weighted by Gasteiger charge is -2.17. The Kier molecular flexibility index (Phi) is 6.07. The molecule has 142 valence electrons. The van der Waals surface area contributed by atoms with Crippen LogP contribution >= 0.6 is 0 Å². The third-order valence-corrected chi connectivity index (χ3v) is 4.12. The van der Waals surface area contributed by atoms with E-state index in [-0.39, 0.29) is 18.4 Å². The number of amides is 2. The summed E-state index contributed by atoms with van der Waals surface area (Å²) in [5, 5.41) is 2.79. The van der Waals surface area contributed by atoms with Crippen LogP contribution < -0.4 is 10.1 Å². The van der Waals surface area contributed by atoms with Crippen molar-refractivity contribution in [3.05, 3.63) is 90.0 Å². The van der Waals surface area contributed by atoms with Crippen LogP contribution in [0.4, 0.5) is 5.69 Å². The summed E-state index contributed by atoms with van der Waals surface area (Å²) >= 11 is 0. The molecule has 28 heavy (non-hydrogen) atoms. The van der Waals surface area contributed by atoms with Gasteiger partial charge in [-0.1, -0.05) is 42.0 Å². The number of likely N-dealkylation sites (N-methyl/N-ethyl adjacent to an activating group) is 1. The third kappa shape index (κ3) is 5.20. The zero-order valence-electron chi connectivity index (χ0n) is 15.9. The Morgan fingerprint density at radius 1 is 0.893 bits per heavy atom. The largest absolute Gasteiger partial charge is 0.457 e. The van der Waals surface area contributed by atoms with Crippen LogP contribution in [0, 0.1) is 6.92 Å². The molecule has 0 aliphatic heterocycles. The lowest BCUT2D eigenvalue weighted by Crippen LogP contribution is -2.34. The average molecular weight is 374 g/mol. The average Bonchev–Trinajstić information content (AvgIpc) is 2.70. The molecule has 0 aliphatic rings. The summed E-state index contributed by atoms with van der Waals surface area (Å²) in [6.45, 7) is 1.93. The molecule has 0 fully saturated rings. The molecule has 0 radical (unpaired) electrons. The van der Waals surface area contributed by atoms with E-state index in [0.717, 1.165) is 5.56 Å². The van der Waals surface area contributed by atoms with Gasteiger partial charge in [0.05, 0.1) is 6.54 Å². The van der Waals surface area contributed by atoms with Crippen LogP contribution in [0.15, 0.2) is 78.9 Å². The van der Waals surface area contributed by atoms with E-state index in [1.807, 2.05) is 61.5 Å². The zero-order valence-corrected chi connectivity index (χ0v) is 15.9. The van der Waals surface area contributed by atoms with Gasteiger partial charge in [-0.3, -0.25) is 9.59 Å². The highest BCUT2D eigenvalue weighted by Crippen LogP contribution is 2.22. The van der Waals surface area contributed by atoms with E-state index in [4.69, 9.17) is 4.74 Å². The molecule has 3 rings (SSSR count). The van der Waals surface area contributed by atoms with E-state index in [1.54, 1.807) is 31.3 Å². The van der Waals surface area contributed by atoms with Crippen molar-refractivity contribution in [2.75, 3.05) is 18.9 Å². The number of rotatable bonds is 6. The van der Waals surface area contributed by atoms with Crippen molar-refractivity contribution in [2.45, 2.75) is 6.92 Å². The van der Waals surface area contributed by atoms with Gasteiger partial charge >= 0.3 is 0 Å². The first-order valence-electron chi connectivity index (χ1n) is 8.96. The second-order valence-corrected chi connectivity index (χ2v) is 6.52. The summed E-state index contributed by atoms with van der Waals surface area (Å²) in [5.74, 6) is 0.751. The predicted molar refractivity (Wildman–Crippen MR) is 110 cm³/mol. The van der Waals surface area contributed by atoms with Crippen molar-refractivity contribution in [2.24, 2.45) is 0 Å². The first-order chi connectivity index (χ1) is 13.5. The molecule has 1 N–H and O–H groups in total. The number of carbonyl (C=O) groups excluding carboxylic acids is 2. The predicted octanol–water partition coefficient (Wildman–Crippen LogP) is 4.50. The van der Waals surface area contributed by atoms with Crippen LogP contribution in [0.2, 0.25) is 0 Å². The molecule has 0 unspecified atom stereocenters. The molecule has 3 aromatic carbocycles. The Balaban J connectivity index is 1.61. The highest BCUT2D eigenvalue weighted by molar-refractivity contribution is 5.99. The number of benzene rings is 3. The number of hydrogen-bond acceptors (Lipinski definition) is 3. The van der Waals surface area contributed by atoms with Gasteiger partial charge in [0, 0.05) is 18.3 Å². The van der Waals surface area contributed by atoms with Gasteiger partial charge in [0.2, 0.25) is 5.91 Å². The van der Waals surface area contributed by atoms with Crippen LogP contribution in [0.25, 0.3) is 0 Å². The van der Waals surface area contributed by atoms with E-state index >= 15 is 0 Å². The highest BCUT2D eigenvalue weighted by atomic mass is 16.5. The molecular formula is C23H22N2O3. The Morgan fingerprint density at radius 2 is 1.57 bits per heavy atom. The maximum absolute atomic E-state index is 12.7. The number of aryl methyl sites for hydroxylation is 1. The number of carbonyl (C=O) groups is 2. The summed E-state index contributed by atoms with van der Waals surface area (Å²) in [6.07, 6.45) is 0. The van der Waals surface area contributed by atoms with Gasteiger partial charge in [-0.15, -0.1) is 0 Å². The van der Waals surface area contributed by atoms with Gasteiger partial charge in [-0.05, 0) is 49.4 Å². The first-order valence-corrected chi connectivity index (χ1v) is 8.96. The monoisotopic (exact) mass is 374 g/mol. The van der Waals surface area contributed by atoms with Gasteiger partial charge in [-0.2, -0.15) is 0 Å². The topological polar surface area (TPSA) is 58.6 Å². The normalized spacial score (nSPS) is 10.2. The summed E-state index contributed by atoms with van der Waals surface area (Å²) < 4.78 is 5.77. The van der Waals surface area contributed by atoms with Crippen LogP contribution in [-0.4, -0.2) is 30.3 Å². The summed E-state index contributed by atoms with van der Waals surface area (Å²) in [6, 6.07) is 23.8. The van der Waals surface area contributed by atoms with Crippen molar-refractivity contribution >= 4 is 17.5 Å². The third-order valence-electron chi connectivity index (χ3n) is 4.12. The quantitative estimate of drug-likeness (QED) is 0.691. The molecule has 0 atom stereocenters. The SMILES string of the molecule is Cc1ccc(NC(=O)CN(C)C(=O)c2cccc(Oc3ccccc3)c2)cc1. The maximum Gasteiger partial charge on any atom is 0.254 e. The van der Waals surface area contributed by atoms with Crippen LogP contribution in [0.3, 0.4) is 0 Å². The van der Waals surface area contributed by atoms with Crippen molar-refractivity contribution in [1.29, 1.82) is 0 Å². The van der Waals surface area contributed by atoms with Gasteiger partial charge in [0.15, 0.2) is 0 Å². The first kappa shape index (κ1) is 19.2. The van der Waals surface area contributed by atoms with E-state index in [2.05, 4.69) is 5.32 Å². The van der Waals surface area contributed by atoms with Crippen molar-refractivity contribution in [1.82, 2.24) is 4.90 Å². The molecule has 0 bridgehead atoms. The van der Waals surface area contributed by atoms with Crippen LogP contribution in [0.1, 0.15) is 15.9 Å². The molecule has 0 aliphatic carbocycles. The van der Waals surface area contributed by atoms with Crippen LogP contribution in [0.5, 0.6) is 11.5 Å². The summed E-state index contributed by atoms with van der Waals surface area (Å²) in [4.78, 5) is 26.3. The Morgan fingerprint density at radius 3 is 2.29 bits per heavy atom. The fourth-order valence-corrected chi connectivity index (χ4v) is 2.66. The molecule has 0 aromatic heterocycles. The zero-order chi connectivity index (χ0) is 19.9. The number of ether oxygens (including phenoxy) is 1. The Hall–Kier alpha value is -3.60. The molecular weight excluding hydrogens is 352 g/mol. The fraction of sp³-hybridized carbons (Fsp3) is 0.130. The van der Waals surface area contributed by atoms with Gasteiger partial charge < -0.3 is 15.0 Å². The molecule has 0 heterocycles. The van der Waals surface area contributed by atoms with Crippen molar-refractivity contribution in [3.8, 4) is 11.5 Å². The van der Waals surface area contributed by atoms with Crippen molar-refractivity contribution < 1.29 is 14.3 Å². The minimum absolute atomic E-state index is 0.0452. The van der Waals surface area contributed by atoms with E-state index in [9.17, 15) is 9.59 Å². The molecule has 0 saturated heterocycles. The molecule has 0 spiro atoms. The minimum Gasteiger partial charge on any atom is -0.457 e. The molecule has 5 nitrogen and oxygen atoms in total.